The average Bonchev–Trinajstić information content (AvgIpc) is 2.87. The van der Waals surface area contributed by atoms with Crippen LogP contribution in [0.25, 0.3) is 10.9 Å². The van der Waals surface area contributed by atoms with Crippen molar-refractivity contribution in [1.29, 1.82) is 0 Å². The van der Waals surface area contributed by atoms with E-state index in [0.717, 1.165) is 28.6 Å². The molecule has 124 valence electrons. The minimum atomic E-state index is -0.338. The highest BCUT2D eigenvalue weighted by molar-refractivity contribution is 9.10. The largest absolute Gasteiger partial charge is 0.427 e. The Morgan fingerprint density at radius 3 is 2.67 bits per heavy atom. The zero-order valence-electron chi connectivity index (χ0n) is 13.5. The third-order valence-corrected chi connectivity index (χ3v) is 4.55. The highest BCUT2D eigenvalue weighted by Gasteiger charge is 2.11. The minimum Gasteiger partial charge on any atom is -0.427 e. The summed E-state index contributed by atoms with van der Waals surface area (Å²) in [4.78, 5) is 11.1. The van der Waals surface area contributed by atoms with E-state index in [-0.39, 0.29) is 11.8 Å². The highest BCUT2D eigenvalue weighted by atomic mass is 79.9. The number of carbonyl (C=O) groups is 1. The first-order valence-electron chi connectivity index (χ1n) is 7.72. The molecule has 0 radical (unpaired) electrons. The summed E-state index contributed by atoms with van der Waals surface area (Å²) in [5, 5.41) is 1.00. The van der Waals surface area contributed by atoms with Crippen molar-refractivity contribution in [3.63, 3.8) is 0 Å². The molecule has 1 aromatic heterocycles. The predicted octanol–water partition coefficient (Wildman–Crippen LogP) is 5.08. The molecule has 2 aromatic carbocycles. The molecule has 0 spiro atoms. The zero-order valence-corrected chi connectivity index (χ0v) is 15.1. The van der Waals surface area contributed by atoms with Crippen molar-refractivity contribution >= 4 is 32.8 Å². The zero-order chi connectivity index (χ0) is 17.3. The van der Waals surface area contributed by atoms with Gasteiger partial charge in [-0.3, -0.25) is 4.79 Å². The van der Waals surface area contributed by atoms with Crippen LogP contribution in [0.3, 0.4) is 0 Å². The lowest BCUT2D eigenvalue weighted by atomic mass is 10.2. The molecule has 3 rings (SSSR count). The molecule has 0 aliphatic carbocycles. The number of hydrogen-bond donors (Lipinski definition) is 0. The number of ether oxygens (including phenoxy) is 1. The van der Waals surface area contributed by atoms with Gasteiger partial charge in [0.05, 0.1) is 4.47 Å². The highest BCUT2D eigenvalue weighted by Crippen LogP contribution is 2.27. The van der Waals surface area contributed by atoms with Crippen LogP contribution in [0, 0.1) is 5.82 Å². The molecule has 0 N–H and O–H groups in total. The summed E-state index contributed by atoms with van der Waals surface area (Å²) < 4.78 is 21.5. The second kappa shape index (κ2) is 6.77. The number of carbonyl (C=O) groups excluding carboxylic acids is 1. The average molecular weight is 390 g/mol. The molecule has 0 amide bonds. The molecular formula is C19H17BrFNO2. The van der Waals surface area contributed by atoms with E-state index >= 15 is 0 Å². The Kier molecular flexibility index (Phi) is 4.71. The van der Waals surface area contributed by atoms with Crippen LogP contribution in [0.4, 0.5) is 4.39 Å². The lowest BCUT2D eigenvalue weighted by Crippen LogP contribution is -2.04. The molecule has 0 fully saturated rings. The number of aromatic nitrogens is 1. The summed E-state index contributed by atoms with van der Waals surface area (Å²) in [6, 6.07) is 12.8. The number of rotatable bonds is 4. The van der Waals surface area contributed by atoms with Crippen LogP contribution in [0.1, 0.15) is 25.1 Å². The van der Waals surface area contributed by atoms with Gasteiger partial charge in [0.25, 0.3) is 0 Å². The Hall–Kier alpha value is -2.14. The summed E-state index contributed by atoms with van der Waals surface area (Å²) >= 11 is 3.18. The molecule has 3 nitrogen and oxygen atoms in total. The van der Waals surface area contributed by atoms with E-state index in [1.54, 1.807) is 18.2 Å². The monoisotopic (exact) mass is 389 g/mol. The maximum Gasteiger partial charge on any atom is 0.308 e. The molecule has 1 heterocycles. The molecule has 3 aromatic rings. The van der Waals surface area contributed by atoms with Gasteiger partial charge >= 0.3 is 5.97 Å². The lowest BCUT2D eigenvalue weighted by molar-refractivity contribution is -0.131. The van der Waals surface area contributed by atoms with Crippen molar-refractivity contribution in [2.45, 2.75) is 26.8 Å². The lowest BCUT2D eigenvalue weighted by Gasteiger charge is -2.11. The van der Waals surface area contributed by atoms with Gasteiger partial charge in [0.15, 0.2) is 0 Å². The number of esters is 1. The molecular weight excluding hydrogens is 373 g/mol. The van der Waals surface area contributed by atoms with Crippen molar-refractivity contribution in [2.75, 3.05) is 0 Å². The fourth-order valence-electron chi connectivity index (χ4n) is 2.84. The van der Waals surface area contributed by atoms with Crippen molar-refractivity contribution in [1.82, 2.24) is 4.57 Å². The number of hydrogen-bond acceptors (Lipinski definition) is 2. The number of halogens is 2. The molecule has 0 aliphatic heterocycles. The Bertz CT molecular complexity index is 917. The van der Waals surface area contributed by atoms with Gasteiger partial charge in [0.1, 0.15) is 11.6 Å². The molecule has 5 heteroatoms. The van der Waals surface area contributed by atoms with E-state index in [1.807, 2.05) is 18.2 Å². The van der Waals surface area contributed by atoms with Crippen LogP contribution in [-0.2, 0) is 17.8 Å². The Labute approximate surface area is 148 Å². The van der Waals surface area contributed by atoms with Crippen LogP contribution < -0.4 is 4.74 Å². The van der Waals surface area contributed by atoms with Gasteiger partial charge in [-0.25, -0.2) is 4.39 Å². The maximum atomic E-state index is 13.8. The SMILES string of the molecule is CCc1cc2cc(OC(C)=O)ccc2n1Cc1ccc(Br)c(F)c1. The number of benzene rings is 2. The van der Waals surface area contributed by atoms with Gasteiger partial charge in [-0.05, 0) is 64.3 Å². The van der Waals surface area contributed by atoms with Crippen LogP contribution in [0.15, 0.2) is 46.9 Å². The summed E-state index contributed by atoms with van der Waals surface area (Å²) in [6.45, 7) is 4.05. The van der Waals surface area contributed by atoms with E-state index < -0.39 is 0 Å². The molecule has 0 unspecified atom stereocenters. The van der Waals surface area contributed by atoms with E-state index in [4.69, 9.17) is 4.74 Å². The van der Waals surface area contributed by atoms with Crippen molar-refractivity contribution in [3.8, 4) is 5.75 Å². The first-order chi connectivity index (χ1) is 11.5. The normalized spacial score (nSPS) is 11.0. The fraction of sp³-hybridized carbons (Fsp3) is 0.211. The Morgan fingerprint density at radius 2 is 2.00 bits per heavy atom. The first kappa shape index (κ1) is 16.7. The summed E-state index contributed by atoms with van der Waals surface area (Å²) in [5.41, 5.74) is 3.08. The van der Waals surface area contributed by atoms with Gasteiger partial charge in [-0.1, -0.05) is 13.0 Å². The van der Waals surface area contributed by atoms with E-state index in [1.165, 1.54) is 6.92 Å². The van der Waals surface area contributed by atoms with Gasteiger partial charge in [-0.2, -0.15) is 0 Å². The van der Waals surface area contributed by atoms with E-state index in [9.17, 15) is 9.18 Å². The van der Waals surface area contributed by atoms with Crippen LogP contribution in [-0.4, -0.2) is 10.5 Å². The topological polar surface area (TPSA) is 31.2 Å². The Balaban J connectivity index is 2.02. The first-order valence-corrected chi connectivity index (χ1v) is 8.51. The Morgan fingerprint density at radius 1 is 1.21 bits per heavy atom. The van der Waals surface area contributed by atoms with Crippen LogP contribution >= 0.6 is 15.9 Å². The van der Waals surface area contributed by atoms with E-state index in [0.29, 0.717) is 16.8 Å². The molecule has 0 atom stereocenters. The van der Waals surface area contributed by atoms with Crippen molar-refractivity contribution in [2.24, 2.45) is 0 Å². The second-order valence-electron chi connectivity index (χ2n) is 5.64. The standard InChI is InChI=1S/C19H17BrFNO2/c1-3-15-9-14-10-16(24-12(2)23)5-7-19(14)22(15)11-13-4-6-17(20)18(21)8-13/h4-10H,3,11H2,1-2H3. The second-order valence-corrected chi connectivity index (χ2v) is 6.49. The minimum absolute atomic E-state index is 0.265. The number of fused-ring (bicyclic) bond motifs is 1. The molecule has 0 aliphatic rings. The van der Waals surface area contributed by atoms with Gasteiger partial charge in [-0.15, -0.1) is 0 Å². The predicted molar refractivity (Wildman–Crippen MR) is 95.8 cm³/mol. The maximum absolute atomic E-state index is 13.8. The van der Waals surface area contributed by atoms with Crippen LogP contribution in [0.2, 0.25) is 0 Å². The third-order valence-electron chi connectivity index (χ3n) is 3.91. The smallest absolute Gasteiger partial charge is 0.308 e. The molecule has 0 bridgehead atoms. The van der Waals surface area contributed by atoms with Gasteiger partial charge in [0.2, 0.25) is 0 Å². The van der Waals surface area contributed by atoms with Crippen molar-refractivity contribution < 1.29 is 13.9 Å². The fourth-order valence-corrected chi connectivity index (χ4v) is 3.08. The van der Waals surface area contributed by atoms with E-state index in [2.05, 4.69) is 33.5 Å². The summed E-state index contributed by atoms with van der Waals surface area (Å²) in [7, 11) is 0. The van der Waals surface area contributed by atoms with Gasteiger partial charge < -0.3 is 9.30 Å². The summed E-state index contributed by atoms with van der Waals surface area (Å²) in [6.07, 6.45) is 0.858. The molecule has 0 saturated carbocycles. The quantitative estimate of drug-likeness (QED) is 0.460. The molecule has 0 saturated heterocycles. The number of aryl methyl sites for hydroxylation is 1. The molecule has 24 heavy (non-hydrogen) atoms. The third kappa shape index (κ3) is 3.36. The van der Waals surface area contributed by atoms with Gasteiger partial charge in [0, 0.05) is 30.1 Å². The van der Waals surface area contributed by atoms with Crippen molar-refractivity contribution in [3.05, 3.63) is 64.0 Å². The number of nitrogens with zero attached hydrogens (tertiary/aromatic N) is 1. The van der Waals surface area contributed by atoms with Crippen LogP contribution in [0.5, 0.6) is 5.75 Å². The summed E-state index contributed by atoms with van der Waals surface area (Å²) in [5.74, 6) is -0.0709.